The lowest BCUT2D eigenvalue weighted by Crippen LogP contribution is -2.21. The minimum atomic E-state index is -0.665. The Balaban J connectivity index is 2.14. The molecule has 0 aliphatic rings. The number of aliphatic hydroxyl groups excluding tert-OH is 1. The maximum absolute atomic E-state index is 11.6. The Morgan fingerprint density at radius 3 is 2.26 bits per heavy atom. The molecule has 0 spiro atoms. The summed E-state index contributed by atoms with van der Waals surface area (Å²) in [5.41, 5.74) is 1.98. The molecule has 1 unspecified atom stereocenters. The molecule has 3 heteroatoms. The van der Waals surface area contributed by atoms with Crippen molar-refractivity contribution in [1.29, 1.82) is 0 Å². The van der Waals surface area contributed by atoms with Gasteiger partial charge >= 0.3 is 0 Å². The van der Waals surface area contributed by atoms with Gasteiger partial charge in [-0.1, -0.05) is 44.2 Å². The van der Waals surface area contributed by atoms with Crippen molar-refractivity contribution in [2.75, 3.05) is 0 Å². The van der Waals surface area contributed by atoms with Crippen molar-refractivity contribution in [3.63, 3.8) is 0 Å². The molecule has 0 bridgehead atoms. The maximum Gasteiger partial charge on any atom is 0.250 e. The Hall–Kier alpha value is -1.87. The largest absolute Gasteiger partial charge is 0.387 e. The Morgan fingerprint density at radius 1 is 1.05 bits per heavy atom. The number of hydrogen-bond acceptors (Lipinski definition) is 2. The van der Waals surface area contributed by atoms with Gasteiger partial charge in [-0.15, -0.1) is 0 Å². The second kappa shape index (κ2) is 5.85. The van der Waals surface area contributed by atoms with Gasteiger partial charge in [-0.2, -0.15) is 0 Å². The Bertz CT molecular complexity index is 584. The monoisotopic (exact) mass is 257 g/mol. The minimum absolute atomic E-state index is 0.0969. The van der Waals surface area contributed by atoms with Crippen LogP contribution >= 0.6 is 0 Å². The van der Waals surface area contributed by atoms with E-state index in [9.17, 15) is 9.90 Å². The van der Waals surface area contributed by atoms with E-state index in [4.69, 9.17) is 0 Å². The highest BCUT2D eigenvalue weighted by molar-refractivity contribution is 5.26. The molecule has 2 aromatic rings. The minimum Gasteiger partial charge on any atom is -0.387 e. The third-order valence-corrected chi connectivity index (χ3v) is 3.26. The molecule has 0 saturated heterocycles. The SMILES string of the molecule is CC(C)c1ccc(C(O)Cn2ccccc2=O)cc1. The van der Waals surface area contributed by atoms with Gasteiger partial charge in [0.2, 0.25) is 0 Å². The summed E-state index contributed by atoms with van der Waals surface area (Å²) >= 11 is 0. The Morgan fingerprint density at radius 2 is 1.68 bits per heavy atom. The smallest absolute Gasteiger partial charge is 0.250 e. The standard InChI is InChI=1S/C16H19NO2/c1-12(2)13-6-8-14(9-7-13)15(18)11-17-10-4-3-5-16(17)19/h3-10,12,15,18H,11H2,1-2H3. The summed E-state index contributed by atoms with van der Waals surface area (Å²) in [6.45, 7) is 4.55. The molecule has 1 heterocycles. The molecule has 1 N–H and O–H groups in total. The van der Waals surface area contributed by atoms with Crippen molar-refractivity contribution >= 4 is 0 Å². The van der Waals surface area contributed by atoms with Crippen LogP contribution in [-0.4, -0.2) is 9.67 Å². The molecule has 100 valence electrons. The first-order valence-electron chi connectivity index (χ1n) is 6.51. The zero-order valence-electron chi connectivity index (χ0n) is 11.3. The third-order valence-electron chi connectivity index (χ3n) is 3.26. The number of pyridine rings is 1. The zero-order chi connectivity index (χ0) is 13.8. The molecule has 3 nitrogen and oxygen atoms in total. The van der Waals surface area contributed by atoms with Crippen LogP contribution in [0.15, 0.2) is 53.5 Å². The second-order valence-electron chi connectivity index (χ2n) is 5.03. The van der Waals surface area contributed by atoms with E-state index in [1.807, 2.05) is 24.3 Å². The van der Waals surface area contributed by atoms with Gasteiger partial charge in [0.05, 0.1) is 12.6 Å². The quantitative estimate of drug-likeness (QED) is 0.915. The van der Waals surface area contributed by atoms with E-state index >= 15 is 0 Å². The molecule has 0 saturated carbocycles. The van der Waals surface area contributed by atoms with Gasteiger partial charge < -0.3 is 9.67 Å². The highest BCUT2D eigenvalue weighted by Crippen LogP contribution is 2.19. The van der Waals surface area contributed by atoms with Gasteiger partial charge in [-0.3, -0.25) is 4.79 Å². The van der Waals surface area contributed by atoms with Crippen LogP contribution in [-0.2, 0) is 6.54 Å². The van der Waals surface area contributed by atoms with E-state index in [0.717, 1.165) is 5.56 Å². The van der Waals surface area contributed by atoms with Crippen LogP contribution in [0.1, 0.15) is 37.0 Å². The predicted octanol–water partition coefficient (Wildman–Crippen LogP) is 2.71. The average molecular weight is 257 g/mol. The van der Waals surface area contributed by atoms with Crippen LogP contribution in [0, 0.1) is 0 Å². The van der Waals surface area contributed by atoms with Gasteiger partial charge in [0.15, 0.2) is 0 Å². The fourth-order valence-electron chi connectivity index (χ4n) is 2.01. The van der Waals surface area contributed by atoms with E-state index in [2.05, 4.69) is 13.8 Å². The molecular formula is C16H19NO2. The first kappa shape index (κ1) is 13.6. The van der Waals surface area contributed by atoms with Crippen molar-refractivity contribution in [3.8, 4) is 0 Å². The van der Waals surface area contributed by atoms with Gasteiger partial charge in [-0.25, -0.2) is 0 Å². The zero-order valence-corrected chi connectivity index (χ0v) is 11.3. The predicted molar refractivity (Wildman–Crippen MR) is 76.2 cm³/mol. The summed E-state index contributed by atoms with van der Waals surface area (Å²) in [6, 6.07) is 12.9. The van der Waals surface area contributed by atoms with Crippen molar-refractivity contribution in [2.45, 2.75) is 32.4 Å². The lowest BCUT2D eigenvalue weighted by Gasteiger charge is -2.14. The van der Waals surface area contributed by atoms with E-state index in [1.54, 1.807) is 18.3 Å². The molecule has 19 heavy (non-hydrogen) atoms. The summed E-state index contributed by atoms with van der Waals surface area (Å²) in [4.78, 5) is 11.6. The van der Waals surface area contributed by atoms with Gasteiger partial charge in [0.1, 0.15) is 0 Å². The molecule has 0 aliphatic heterocycles. The molecule has 0 amide bonds. The topological polar surface area (TPSA) is 42.2 Å². The molecule has 1 aromatic heterocycles. The van der Waals surface area contributed by atoms with E-state index in [-0.39, 0.29) is 12.1 Å². The fraction of sp³-hybridized carbons (Fsp3) is 0.312. The molecule has 1 aromatic carbocycles. The molecular weight excluding hydrogens is 238 g/mol. The first-order chi connectivity index (χ1) is 9.08. The third kappa shape index (κ3) is 3.32. The van der Waals surface area contributed by atoms with Gasteiger partial charge in [0.25, 0.3) is 5.56 Å². The first-order valence-corrected chi connectivity index (χ1v) is 6.51. The lowest BCUT2D eigenvalue weighted by molar-refractivity contribution is 0.155. The van der Waals surface area contributed by atoms with Crippen molar-refractivity contribution in [2.24, 2.45) is 0 Å². The maximum atomic E-state index is 11.6. The second-order valence-corrected chi connectivity index (χ2v) is 5.03. The highest BCUT2D eigenvalue weighted by Gasteiger charge is 2.09. The highest BCUT2D eigenvalue weighted by atomic mass is 16.3. The molecule has 2 rings (SSSR count). The summed E-state index contributed by atoms with van der Waals surface area (Å²) in [5.74, 6) is 0.475. The van der Waals surface area contributed by atoms with Gasteiger partial charge in [0, 0.05) is 12.3 Å². The summed E-state index contributed by atoms with van der Waals surface area (Å²) < 4.78 is 1.51. The molecule has 0 radical (unpaired) electrons. The number of hydrogen-bond donors (Lipinski definition) is 1. The van der Waals surface area contributed by atoms with Crippen molar-refractivity contribution in [3.05, 3.63) is 70.1 Å². The van der Waals surface area contributed by atoms with Crippen LogP contribution in [0.2, 0.25) is 0 Å². The van der Waals surface area contributed by atoms with E-state index < -0.39 is 6.10 Å². The number of aromatic nitrogens is 1. The van der Waals surface area contributed by atoms with Gasteiger partial charge in [-0.05, 0) is 23.1 Å². The summed E-state index contributed by atoms with van der Waals surface area (Å²) in [5, 5.41) is 10.2. The van der Waals surface area contributed by atoms with E-state index in [1.165, 1.54) is 16.2 Å². The number of benzene rings is 1. The van der Waals surface area contributed by atoms with E-state index in [0.29, 0.717) is 5.92 Å². The molecule has 0 aliphatic carbocycles. The summed E-state index contributed by atoms with van der Waals surface area (Å²) in [6.07, 6.45) is 1.02. The fourth-order valence-corrected chi connectivity index (χ4v) is 2.01. The molecule has 0 fully saturated rings. The Kier molecular flexibility index (Phi) is 4.17. The van der Waals surface area contributed by atoms with Crippen LogP contribution in [0.25, 0.3) is 0 Å². The van der Waals surface area contributed by atoms with Crippen molar-refractivity contribution < 1.29 is 5.11 Å². The normalized spacial score (nSPS) is 12.6. The summed E-state index contributed by atoms with van der Waals surface area (Å²) in [7, 11) is 0. The molecule has 1 atom stereocenters. The average Bonchev–Trinajstić information content (AvgIpc) is 2.41. The van der Waals surface area contributed by atoms with Crippen LogP contribution < -0.4 is 5.56 Å². The van der Waals surface area contributed by atoms with Crippen molar-refractivity contribution in [1.82, 2.24) is 4.57 Å². The van der Waals surface area contributed by atoms with Crippen LogP contribution in [0.4, 0.5) is 0 Å². The lowest BCUT2D eigenvalue weighted by atomic mass is 10.00. The Labute approximate surface area is 113 Å². The number of nitrogens with zero attached hydrogens (tertiary/aromatic N) is 1. The van der Waals surface area contributed by atoms with Crippen LogP contribution in [0.5, 0.6) is 0 Å². The number of aliphatic hydroxyl groups is 1. The number of rotatable bonds is 4. The van der Waals surface area contributed by atoms with Crippen LogP contribution in [0.3, 0.4) is 0 Å².